The molecule has 0 aliphatic carbocycles. The standard InChI is InChI=1S/C24H31N3O5S2/c1-7-32-24(29)21-17(6)20(12-25)23(33-21)26-22(28)18-8-10-19(11-9-18)34(30,31)27(13-15(2)3)14-16(4)5/h8-11,15-16H,7,13-14H2,1-6H3,(H,26,28). The van der Waals surface area contributed by atoms with Crippen LogP contribution in [0.25, 0.3) is 0 Å². The number of benzene rings is 1. The van der Waals surface area contributed by atoms with E-state index in [1.165, 1.54) is 28.6 Å². The van der Waals surface area contributed by atoms with E-state index in [9.17, 15) is 23.3 Å². The maximum atomic E-state index is 13.2. The lowest BCUT2D eigenvalue weighted by Gasteiger charge is -2.25. The highest BCUT2D eigenvalue weighted by Gasteiger charge is 2.27. The van der Waals surface area contributed by atoms with E-state index in [-0.39, 0.29) is 44.3 Å². The van der Waals surface area contributed by atoms with Crippen LogP contribution < -0.4 is 5.32 Å². The normalized spacial score (nSPS) is 11.6. The van der Waals surface area contributed by atoms with Crippen LogP contribution in [0.4, 0.5) is 5.00 Å². The summed E-state index contributed by atoms with van der Waals surface area (Å²) in [5, 5.41) is 12.4. The van der Waals surface area contributed by atoms with Crippen molar-refractivity contribution in [1.29, 1.82) is 5.26 Å². The maximum absolute atomic E-state index is 13.2. The third-order valence-electron chi connectivity index (χ3n) is 4.84. The largest absolute Gasteiger partial charge is 0.462 e. The van der Waals surface area contributed by atoms with Gasteiger partial charge in [0.25, 0.3) is 5.91 Å². The number of carbonyl (C=O) groups is 2. The summed E-state index contributed by atoms with van der Waals surface area (Å²) in [6.45, 7) is 12.2. The lowest BCUT2D eigenvalue weighted by Crippen LogP contribution is -2.37. The van der Waals surface area contributed by atoms with Crippen LogP contribution in [0.3, 0.4) is 0 Å². The summed E-state index contributed by atoms with van der Waals surface area (Å²) in [4.78, 5) is 25.3. The van der Waals surface area contributed by atoms with Crippen molar-refractivity contribution in [3.63, 3.8) is 0 Å². The van der Waals surface area contributed by atoms with E-state index in [1.54, 1.807) is 13.8 Å². The van der Waals surface area contributed by atoms with Crippen LogP contribution in [-0.4, -0.2) is 44.3 Å². The Kier molecular flexibility index (Phi) is 9.38. The Bertz CT molecular complexity index is 1170. The zero-order valence-electron chi connectivity index (χ0n) is 20.3. The average Bonchev–Trinajstić information content (AvgIpc) is 3.07. The lowest BCUT2D eigenvalue weighted by molar-refractivity contribution is 0.0531. The van der Waals surface area contributed by atoms with Crippen LogP contribution in [0.2, 0.25) is 0 Å². The SMILES string of the molecule is CCOC(=O)c1sc(NC(=O)c2ccc(S(=O)(=O)N(CC(C)C)CC(C)C)cc2)c(C#N)c1C. The number of amides is 1. The molecule has 1 N–H and O–H groups in total. The summed E-state index contributed by atoms with van der Waals surface area (Å²) in [7, 11) is -3.71. The molecule has 0 atom stereocenters. The number of nitrogens with one attached hydrogen (secondary N) is 1. The third-order valence-corrected chi connectivity index (χ3v) is 7.87. The Morgan fingerprint density at radius 3 is 2.15 bits per heavy atom. The minimum absolute atomic E-state index is 0.111. The number of hydrogen-bond donors (Lipinski definition) is 1. The number of nitrogens with zero attached hydrogens (tertiary/aromatic N) is 2. The molecule has 1 amide bonds. The van der Waals surface area contributed by atoms with E-state index < -0.39 is 21.9 Å². The van der Waals surface area contributed by atoms with Gasteiger partial charge in [-0.1, -0.05) is 27.7 Å². The fraction of sp³-hybridized carbons (Fsp3) is 0.458. The fourth-order valence-electron chi connectivity index (χ4n) is 3.32. The molecular formula is C24H31N3O5S2. The molecule has 10 heteroatoms. The van der Waals surface area contributed by atoms with Crippen molar-refractivity contribution in [2.45, 2.75) is 46.4 Å². The molecule has 0 aliphatic heterocycles. The van der Waals surface area contributed by atoms with Crippen molar-refractivity contribution < 1.29 is 22.7 Å². The van der Waals surface area contributed by atoms with E-state index in [0.717, 1.165) is 11.3 Å². The van der Waals surface area contributed by atoms with Crippen molar-refractivity contribution in [2.24, 2.45) is 11.8 Å². The molecule has 2 aromatic rings. The van der Waals surface area contributed by atoms with Crippen LogP contribution in [0.15, 0.2) is 29.2 Å². The Balaban J connectivity index is 2.28. The first-order valence-corrected chi connectivity index (χ1v) is 13.3. The molecule has 0 aliphatic rings. The molecule has 0 unspecified atom stereocenters. The minimum Gasteiger partial charge on any atom is -0.462 e. The number of ether oxygens (including phenoxy) is 1. The molecule has 0 spiro atoms. The van der Waals surface area contributed by atoms with Crippen molar-refractivity contribution in [1.82, 2.24) is 4.31 Å². The van der Waals surface area contributed by atoms with Gasteiger partial charge in [0.15, 0.2) is 0 Å². The smallest absolute Gasteiger partial charge is 0.348 e. The summed E-state index contributed by atoms with van der Waals surface area (Å²) in [6.07, 6.45) is 0. The van der Waals surface area contributed by atoms with Gasteiger partial charge in [0.05, 0.1) is 17.1 Å². The van der Waals surface area contributed by atoms with Crippen LogP contribution in [-0.2, 0) is 14.8 Å². The van der Waals surface area contributed by atoms with Gasteiger partial charge >= 0.3 is 5.97 Å². The molecular weight excluding hydrogens is 474 g/mol. The second-order valence-corrected chi connectivity index (χ2v) is 11.6. The quantitative estimate of drug-likeness (QED) is 0.470. The van der Waals surface area contributed by atoms with Crippen LogP contribution >= 0.6 is 11.3 Å². The van der Waals surface area contributed by atoms with Gasteiger partial charge in [-0.25, -0.2) is 13.2 Å². The third kappa shape index (κ3) is 6.44. The lowest BCUT2D eigenvalue weighted by atomic mass is 10.1. The number of anilines is 1. The number of nitriles is 1. The first-order valence-electron chi connectivity index (χ1n) is 11.0. The van der Waals surface area contributed by atoms with Crippen LogP contribution in [0.5, 0.6) is 0 Å². The van der Waals surface area contributed by atoms with Gasteiger partial charge in [-0.05, 0) is 55.5 Å². The van der Waals surface area contributed by atoms with E-state index in [4.69, 9.17) is 4.74 Å². The molecule has 0 bridgehead atoms. The number of rotatable bonds is 10. The molecule has 1 aromatic heterocycles. The highest BCUT2D eigenvalue weighted by atomic mass is 32.2. The number of esters is 1. The van der Waals surface area contributed by atoms with Crippen LogP contribution in [0.1, 0.15) is 65.8 Å². The summed E-state index contributed by atoms with van der Waals surface area (Å²) in [5.41, 5.74) is 0.863. The Hall–Kier alpha value is -2.74. The highest BCUT2D eigenvalue weighted by Crippen LogP contribution is 2.33. The van der Waals surface area contributed by atoms with Gasteiger partial charge in [-0.3, -0.25) is 4.79 Å². The summed E-state index contributed by atoms with van der Waals surface area (Å²) >= 11 is 0.973. The first kappa shape index (κ1) is 27.5. The molecule has 0 saturated heterocycles. The van der Waals surface area contributed by atoms with E-state index in [0.29, 0.717) is 18.7 Å². The molecule has 1 heterocycles. The second-order valence-electron chi connectivity index (χ2n) is 8.68. The predicted octanol–water partition coefficient (Wildman–Crippen LogP) is 4.66. The van der Waals surface area contributed by atoms with Gasteiger partial charge < -0.3 is 10.1 Å². The van der Waals surface area contributed by atoms with Crippen molar-refractivity contribution >= 4 is 38.2 Å². The Morgan fingerprint density at radius 1 is 1.12 bits per heavy atom. The van der Waals surface area contributed by atoms with Gasteiger partial charge in [-0.2, -0.15) is 9.57 Å². The molecule has 2 rings (SSSR count). The Labute approximate surface area is 205 Å². The average molecular weight is 506 g/mol. The molecule has 184 valence electrons. The number of carbonyl (C=O) groups excluding carboxylic acids is 2. The first-order chi connectivity index (χ1) is 15.9. The number of hydrogen-bond acceptors (Lipinski definition) is 7. The van der Waals surface area contributed by atoms with Gasteiger partial charge in [0.2, 0.25) is 10.0 Å². The maximum Gasteiger partial charge on any atom is 0.348 e. The second kappa shape index (κ2) is 11.6. The van der Waals surface area contributed by atoms with Gasteiger partial charge in [0.1, 0.15) is 15.9 Å². The monoisotopic (exact) mass is 505 g/mol. The van der Waals surface area contributed by atoms with E-state index in [1.807, 2.05) is 33.8 Å². The zero-order valence-corrected chi connectivity index (χ0v) is 22.0. The molecule has 8 nitrogen and oxygen atoms in total. The summed E-state index contributed by atoms with van der Waals surface area (Å²) in [6, 6.07) is 7.70. The summed E-state index contributed by atoms with van der Waals surface area (Å²) in [5.74, 6) is -0.731. The topological polar surface area (TPSA) is 117 Å². The van der Waals surface area contributed by atoms with Gasteiger partial charge in [0, 0.05) is 18.7 Å². The Morgan fingerprint density at radius 2 is 1.68 bits per heavy atom. The number of thiophene rings is 1. The van der Waals surface area contributed by atoms with Crippen molar-refractivity contribution in [3.05, 3.63) is 45.8 Å². The predicted molar refractivity (Wildman–Crippen MR) is 133 cm³/mol. The molecule has 0 saturated carbocycles. The zero-order chi connectivity index (χ0) is 25.6. The van der Waals surface area contributed by atoms with E-state index in [2.05, 4.69) is 5.32 Å². The highest BCUT2D eigenvalue weighted by molar-refractivity contribution is 7.89. The number of sulfonamides is 1. The van der Waals surface area contributed by atoms with Crippen molar-refractivity contribution in [3.8, 4) is 6.07 Å². The molecule has 0 fully saturated rings. The molecule has 1 aromatic carbocycles. The van der Waals surface area contributed by atoms with Crippen molar-refractivity contribution in [2.75, 3.05) is 25.0 Å². The van der Waals surface area contributed by atoms with E-state index >= 15 is 0 Å². The van der Waals surface area contributed by atoms with Gasteiger partial charge in [-0.15, -0.1) is 11.3 Å². The minimum atomic E-state index is -3.71. The molecule has 34 heavy (non-hydrogen) atoms. The fourth-order valence-corrected chi connectivity index (χ4v) is 6.13. The summed E-state index contributed by atoms with van der Waals surface area (Å²) < 4.78 is 32.8. The van der Waals surface area contributed by atoms with Crippen LogP contribution in [0, 0.1) is 30.1 Å². The molecule has 0 radical (unpaired) electrons.